The van der Waals surface area contributed by atoms with Crippen LogP contribution in [-0.4, -0.2) is 11.8 Å². The average molecular weight is 316 g/mol. The van der Waals surface area contributed by atoms with Crippen LogP contribution in [0.25, 0.3) is 0 Å². The molecule has 1 aliphatic carbocycles. The van der Waals surface area contributed by atoms with Gasteiger partial charge in [-0.15, -0.1) is 0 Å². The van der Waals surface area contributed by atoms with Gasteiger partial charge < -0.3 is 9.90 Å². The first-order valence-electron chi connectivity index (χ1n) is 7.49. The van der Waals surface area contributed by atoms with Gasteiger partial charge in [0.2, 0.25) is 0 Å². The van der Waals surface area contributed by atoms with Crippen molar-refractivity contribution in [2.24, 2.45) is 0 Å². The van der Waals surface area contributed by atoms with Crippen molar-refractivity contribution < 1.29 is 44.3 Å². The van der Waals surface area contributed by atoms with Gasteiger partial charge in [0.05, 0.1) is 5.97 Å². The number of hydrogen-bond acceptors (Lipinski definition) is 3. The van der Waals surface area contributed by atoms with Crippen LogP contribution in [0.15, 0.2) is 36.4 Å². The summed E-state index contributed by atoms with van der Waals surface area (Å²) in [5, 5.41) is 11.0. The molecule has 0 saturated heterocycles. The van der Waals surface area contributed by atoms with Gasteiger partial charge in [-0.2, -0.15) is 0 Å². The molecule has 0 spiro atoms. The summed E-state index contributed by atoms with van der Waals surface area (Å²) in [6.45, 7) is 4.20. The Morgan fingerprint density at radius 3 is 2.35 bits per heavy atom. The van der Waals surface area contributed by atoms with Gasteiger partial charge in [0, 0.05) is 11.1 Å². The Hall–Kier alpha value is -1.42. The van der Waals surface area contributed by atoms with Crippen LogP contribution in [0.1, 0.15) is 62.7 Å². The van der Waals surface area contributed by atoms with Crippen molar-refractivity contribution in [1.29, 1.82) is 0 Å². The largest absolute Gasteiger partial charge is 1.00 e. The van der Waals surface area contributed by atoms with Gasteiger partial charge in [0.25, 0.3) is 0 Å². The first-order valence-corrected chi connectivity index (χ1v) is 7.49. The number of fused-ring (bicyclic) bond motifs is 2. The maximum atomic E-state index is 12.8. The average Bonchev–Trinajstić information content (AvgIpc) is 2.64. The second kappa shape index (κ2) is 7.00. The van der Waals surface area contributed by atoms with Crippen molar-refractivity contribution in [1.82, 2.24) is 0 Å². The Balaban J connectivity index is 0.00000192. The van der Waals surface area contributed by atoms with Gasteiger partial charge in [-0.25, -0.2) is 0 Å². The van der Waals surface area contributed by atoms with E-state index in [-0.39, 0.29) is 40.9 Å². The molecule has 0 atom stereocenters. The van der Waals surface area contributed by atoms with Gasteiger partial charge in [0.1, 0.15) is 0 Å². The molecular formula is C19H17NaO3. The number of carboxylic acid groups (broad SMARTS) is 1. The zero-order valence-corrected chi connectivity index (χ0v) is 15.7. The van der Waals surface area contributed by atoms with Crippen LogP contribution in [0.5, 0.6) is 0 Å². The molecule has 0 aromatic heterocycles. The second-order valence-electron chi connectivity index (χ2n) is 6.06. The predicted octanol–water partition coefficient (Wildman–Crippen LogP) is -0.493. The molecule has 0 radical (unpaired) electrons. The zero-order valence-electron chi connectivity index (χ0n) is 13.7. The molecule has 2 aromatic carbocycles. The first kappa shape index (κ1) is 17.9. The number of carbonyl (C=O) groups is 2. The SMILES string of the molecule is CC(C)c1ccc2c(c1)C(=O)c1ccc(C(=O)[O-])cc1CC2.[Na+]. The van der Waals surface area contributed by atoms with Gasteiger partial charge in [-0.1, -0.05) is 38.1 Å². The maximum Gasteiger partial charge on any atom is 1.00 e. The number of carbonyl (C=O) groups excluding carboxylic acids is 2. The van der Waals surface area contributed by atoms with E-state index in [9.17, 15) is 14.7 Å². The van der Waals surface area contributed by atoms with Crippen molar-refractivity contribution in [3.05, 3.63) is 69.8 Å². The molecule has 0 aliphatic heterocycles. The summed E-state index contributed by atoms with van der Waals surface area (Å²) in [4.78, 5) is 23.8. The Morgan fingerprint density at radius 2 is 1.70 bits per heavy atom. The van der Waals surface area contributed by atoms with Crippen molar-refractivity contribution in [3.8, 4) is 0 Å². The van der Waals surface area contributed by atoms with E-state index in [1.54, 1.807) is 12.1 Å². The smallest absolute Gasteiger partial charge is 0.545 e. The van der Waals surface area contributed by atoms with Gasteiger partial charge in [0.15, 0.2) is 5.78 Å². The predicted molar refractivity (Wildman–Crippen MR) is 82.1 cm³/mol. The van der Waals surface area contributed by atoms with E-state index in [2.05, 4.69) is 19.9 Å². The van der Waals surface area contributed by atoms with Crippen LogP contribution < -0.4 is 34.7 Å². The van der Waals surface area contributed by atoms with Gasteiger partial charge >= 0.3 is 29.6 Å². The topological polar surface area (TPSA) is 57.2 Å². The minimum atomic E-state index is -1.21. The van der Waals surface area contributed by atoms with E-state index in [0.29, 0.717) is 17.9 Å². The number of rotatable bonds is 2. The molecule has 2 aromatic rings. The quantitative estimate of drug-likeness (QED) is 0.703. The summed E-state index contributed by atoms with van der Waals surface area (Å²) >= 11 is 0. The van der Waals surface area contributed by atoms with E-state index in [1.165, 1.54) is 6.07 Å². The number of aromatic carboxylic acids is 1. The normalized spacial score (nSPS) is 12.9. The molecule has 0 heterocycles. The molecule has 112 valence electrons. The van der Waals surface area contributed by atoms with Crippen LogP contribution in [0.3, 0.4) is 0 Å². The van der Waals surface area contributed by atoms with Gasteiger partial charge in [-0.05, 0) is 53.1 Å². The summed E-state index contributed by atoms with van der Waals surface area (Å²) in [7, 11) is 0. The van der Waals surface area contributed by atoms with Crippen LogP contribution in [0.4, 0.5) is 0 Å². The Bertz CT molecular complexity index is 778. The molecule has 0 N–H and O–H groups in total. The van der Waals surface area contributed by atoms with Crippen molar-refractivity contribution in [2.75, 3.05) is 0 Å². The monoisotopic (exact) mass is 316 g/mol. The van der Waals surface area contributed by atoms with Crippen molar-refractivity contribution in [3.63, 3.8) is 0 Å². The number of carboxylic acids is 1. The van der Waals surface area contributed by atoms with E-state index >= 15 is 0 Å². The van der Waals surface area contributed by atoms with Crippen LogP contribution >= 0.6 is 0 Å². The number of benzene rings is 2. The Morgan fingerprint density at radius 1 is 1.00 bits per heavy atom. The van der Waals surface area contributed by atoms with Crippen LogP contribution in [0.2, 0.25) is 0 Å². The van der Waals surface area contributed by atoms with E-state index in [0.717, 1.165) is 28.7 Å². The molecule has 0 amide bonds. The van der Waals surface area contributed by atoms with Gasteiger partial charge in [-0.3, -0.25) is 4.79 Å². The standard InChI is InChI=1S/C19H18O3.Na/c1-11(2)13-5-3-12-4-6-14-9-15(19(21)22)7-8-16(14)18(20)17(12)10-13;/h3,5,7-11H,4,6H2,1-2H3,(H,21,22);/q;+1/p-1. The second-order valence-corrected chi connectivity index (χ2v) is 6.06. The molecule has 0 unspecified atom stereocenters. The van der Waals surface area contributed by atoms with Crippen LogP contribution in [0, 0.1) is 0 Å². The number of ketones is 1. The minimum absolute atomic E-state index is 0. The molecule has 0 bridgehead atoms. The summed E-state index contributed by atoms with van der Waals surface area (Å²) in [6, 6.07) is 10.7. The Labute approximate surface area is 158 Å². The van der Waals surface area contributed by atoms with Crippen molar-refractivity contribution in [2.45, 2.75) is 32.6 Å². The third-order valence-corrected chi connectivity index (χ3v) is 4.29. The third kappa shape index (κ3) is 3.42. The van der Waals surface area contributed by atoms with E-state index in [1.807, 2.05) is 12.1 Å². The summed E-state index contributed by atoms with van der Waals surface area (Å²) < 4.78 is 0. The molecule has 23 heavy (non-hydrogen) atoms. The first-order chi connectivity index (χ1) is 10.5. The summed E-state index contributed by atoms with van der Waals surface area (Å²) in [5.41, 5.74) is 4.42. The molecule has 3 nitrogen and oxygen atoms in total. The summed E-state index contributed by atoms with van der Waals surface area (Å²) in [6.07, 6.45) is 1.40. The zero-order chi connectivity index (χ0) is 15.9. The fourth-order valence-electron chi connectivity index (χ4n) is 2.95. The third-order valence-electron chi connectivity index (χ3n) is 4.29. The molecular weight excluding hydrogens is 299 g/mol. The van der Waals surface area contributed by atoms with Crippen molar-refractivity contribution >= 4 is 11.8 Å². The number of aryl methyl sites for hydroxylation is 2. The molecule has 3 rings (SSSR count). The fourth-order valence-corrected chi connectivity index (χ4v) is 2.95. The molecule has 4 heteroatoms. The molecule has 0 saturated carbocycles. The number of hydrogen-bond donors (Lipinski definition) is 0. The van der Waals surface area contributed by atoms with Crippen LogP contribution in [-0.2, 0) is 12.8 Å². The van der Waals surface area contributed by atoms with E-state index < -0.39 is 5.97 Å². The summed E-state index contributed by atoms with van der Waals surface area (Å²) in [5.74, 6) is -0.865. The maximum absolute atomic E-state index is 12.8. The molecule has 1 aliphatic rings. The molecule has 0 fully saturated rings. The fraction of sp³-hybridized carbons (Fsp3) is 0.263. The van der Waals surface area contributed by atoms with E-state index in [4.69, 9.17) is 0 Å². The Kier molecular flexibility index (Phi) is 5.45. The minimum Gasteiger partial charge on any atom is -0.545 e.